The summed E-state index contributed by atoms with van der Waals surface area (Å²) >= 11 is 1.32. The first-order valence-electron chi connectivity index (χ1n) is 31.8. The van der Waals surface area contributed by atoms with Gasteiger partial charge in [-0.2, -0.15) is 11.8 Å². The number of amides is 13. The summed E-state index contributed by atoms with van der Waals surface area (Å²) in [5.74, 6) is -14.7. The van der Waals surface area contributed by atoms with Crippen molar-refractivity contribution in [2.45, 2.75) is 192 Å². The van der Waals surface area contributed by atoms with E-state index in [4.69, 9.17) is 17.2 Å². The summed E-state index contributed by atoms with van der Waals surface area (Å²) in [6, 6.07) is -0.212. The molecule has 0 fully saturated rings. The number of nitrogens with one attached hydrogen (secondary N) is 12. The molecule has 0 saturated heterocycles. The van der Waals surface area contributed by atoms with Gasteiger partial charge in [0.1, 0.15) is 72.5 Å². The molecular weight excluding hydrogens is 1280 g/mol. The minimum atomic E-state index is -1.72. The van der Waals surface area contributed by atoms with Crippen LogP contribution in [0.5, 0.6) is 0 Å². The van der Waals surface area contributed by atoms with E-state index in [-0.39, 0.29) is 38.5 Å². The number of aliphatic carboxylic acids is 1. The Kier molecular flexibility index (Phi) is 34.4. The van der Waals surface area contributed by atoms with Crippen LogP contribution in [0.1, 0.15) is 111 Å². The molecule has 1 heterocycles. The number of rotatable bonds is 42. The average Bonchev–Trinajstić information content (AvgIpc) is 1.38. The van der Waals surface area contributed by atoms with E-state index < -0.39 is 192 Å². The first-order valence-corrected chi connectivity index (χ1v) is 33.2. The van der Waals surface area contributed by atoms with Gasteiger partial charge < -0.3 is 90.9 Å². The minimum absolute atomic E-state index is 0.00781. The van der Waals surface area contributed by atoms with Crippen molar-refractivity contribution in [2.24, 2.45) is 35.0 Å². The summed E-state index contributed by atoms with van der Waals surface area (Å²) in [7, 11) is 0. The maximum Gasteiger partial charge on any atom is 0.326 e. The van der Waals surface area contributed by atoms with E-state index in [1.807, 2.05) is 0 Å². The summed E-state index contributed by atoms with van der Waals surface area (Å²) in [5.41, 5.74) is 18.1. The van der Waals surface area contributed by atoms with Crippen LogP contribution in [0.3, 0.4) is 0 Å². The normalized spacial score (nSPS) is 15.5. The molecule has 3 rings (SSSR count). The lowest BCUT2D eigenvalue weighted by atomic mass is 9.96. The Morgan fingerprint density at radius 1 is 0.485 bits per heavy atom. The van der Waals surface area contributed by atoms with E-state index >= 15 is 0 Å². The molecule has 13 amide bonds. The van der Waals surface area contributed by atoms with Crippen molar-refractivity contribution in [1.82, 2.24) is 68.5 Å². The number of hydrogen-bond acceptors (Lipinski definition) is 18. The van der Waals surface area contributed by atoms with Gasteiger partial charge in [0.15, 0.2) is 0 Å². The fourth-order valence-electron chi connectivity index (χ4n) is 9.56. The molecule has 32 nitrogen and oxygen atoms in total. The molecule has 534 valence electrons. The molecule has 1 aromatic heterocycles. The molecule has 97 heavy (non-hydrogen) atoms. The zero-order valence-corrected chi connectivity index (χ0v) is 57.0. The number of carboxylic acids is 1. The zero-order valence-electron chi connectivity index (χ0n) is 56.2. The molecule has 0 unspecified atom stereocenters. The third kappa shape index (κ3) is 28.0. The fraction of sp³-hybridized carbons (Fsp3) is 0.547. The molecule has 0 bridgehead atoms. The van der Waals surface area contributed by atoms with Gasteiger partial charge in [0, 0.05) is 37.6 Å². The number of carboxylic acid groups (broad SMARTS) is 1. The molecule has 0 radical (unpaired) electrons. The van der Waals surface area contributed by atoms with Crippen LogP contribution in [0.25, 0.3) is 0 Å². The number of nitrogens with zero attached hydrogens (tertiary/aromatic N) is 1. The predicted octanol–water partition coefficient (Wildman–Crippen LogP) is -3.15. The Labute approximate surface area is 567 Å². The second-order valence-corrected chi connectivity index (χ2v) is 25.4. The minimum Gasteiger partial charge on any atom is -0.480 e. The number of aliphatic hydroxyl groups excluding tert-OH is 1. The van der Waals surface area contributed by atoms with Gasteiger partial charge >= 0.3 is 5.97 Å². The number of primary amides is 2. The predicted molar refractivity (Wildman–Crippen MR) is 357 cm³/mol. The lowest BCUT2D eigenvalue weighted by molar-refractivity contribution is -0.142. The number of hydrogen-bond donors (Lipinski definition) is 17. The monoisotopic (exact) mass is 1380 g/mol. The van der Waals surface area contributed by atoms with Crippen molar-refractivity contribution in [1.29, 1.82) is 0 Å². The highest BCUT2D eigenvalue weighted by atomic mass is 32.2. The van der Waals surface area contributed by atoms with Crippen LogP contribution >= 0.6 is 11.8 Å². The van der Waals surface area contributed by atoms with Crippen molar-refractivity contribution in [3.63, 3.8) is 0 Å². The Bertz CT molecular complexity index is 3160. The number of carbonyl (C=O) groups is 14. The van der Waals surface area contributed by atoms with E-state index in [1.165, 1.54) is 45.1 Å². The van der Waals surface area contributed by atoms with Crippen molar-refractivity contribution in [3.8, 4) is 0 Å². The summed E-state index contributed by atoms with van der Waals surface area (Å²) < 4.78 is 0. The van der Waals surface area contributed by atoms with Crippen molar-refractivity contribution in [3.05, 3.63) is 90.0 Å². The number of imidazole rings is 1. The van der Waals surface area contributed by atoms with Crippen LogP contribution in [0, 0.1) is 17.8 Å². The largest absolute Gasteiger partial charge is 0.480 e. The summed E-state index contributed by atoms with van der Waals surface area (Å²) in [5, 5.41) is 47.8. The molecule has 2 aromatic carbocycles. The van der Waals surface area contributed by atoms with Crippen molar-refractivity contribution >= 4 is 94.5 Å². The first kappa shape index (κ1) is 81.7. The maximum absolute atomic E-state index is 14.7. The Morgan fingerprint density at radius 3 is 1.34 bits per heavy atom. The molecule has 0 aliphatic rings. The summed E-state index contributed by atoms with van der Waals surface area (Å²) in [6.45, 7) is 13.7. The van der Waals surface area contributed by atoms with Crippen LogP contribution in [0.15, 0.2) is 73.2 Å². The second kappa shape index (κ2) is 40.8. The molecule has 14 atom stereocenters. The maximum atomic E-state index is 14.7. The second-order valence-electron chi connectivity index (χ2n) is 24.4. The quantitative estimate of drug-likeness (QED) is 0.0266. The van der Waals surface area contributed by atoms with Gasteiger partial charge in [-0.3, -0.25) is 62.3 Å². The molecule has 33 heteroatoms. The number of benzene rings is 2. The van der Waals surface area contributed by atoms with Crippen LogP contribution in [0.2, 0.25) is 0 Å². The zero-order chi connectivity index (χ0) is 72.8. The number of H-pyrrole nitrogens is 1. The molecule has 0 spiro atoms. The average molecular weight is 1380 g/mol. The van der Waals surface area contributed by atoms with E-state index in [9.17, 15) is 77.3 Å². The lowest BCUT2D eigenvalue weighted by Gasteiger charge is -2.30. The highest BCUT2D eigenvalue weighted by Crippen LogP contribution is 2.15. The smallest absolute Gasteiger partial charge is 0.326 e. The van der Waals surface area contributed by atoms with Gasteiger partial charge in [0.2, 0.25) is 76.8 Å². The van der Waals surface area contributed by atoms with Gasteiger partial charge in [-0.05, 0) is 74.5 Å². The van der Waals surface area contributed by atoms with E-state index in [1.54, 1.807) is 108 Å². The standard InChI is InChI=1S/C64H96N16O16S/c1-11-34(6)52(63(94)76-44(28-40-30-68-31-69-40)57(88)74-45(29-48(66)83)58(89)77-46(64(95)96)27-39-20-16-13-17-21-39)80-59(90)43(26-38-18-14-12-15-19-38)75-62(93)51(33(4)5)79-53(84)35(7)70-55(86)42(24-25-97-10)72-56(87)41(22-23-47(65)82)73-61(92)50(32(2)3)78-54(85)36(8)71-60(91)49(67)37(9)81/h12-21,30-37,41-46,49-52,81H,11,22-29,67H2,1-10H3,(H2,65,82)(H2,66,83)(H,68,69)(H,70,86)(H,71,91)(H,72,87)(H,73,92)(H,74,88)(H,75,93)(H,76,94)(H,77,89)(H,78,85)(H,79,84)(H,80,90)(H,95,96)/t34-,35-,36-,37+,41-,42-,43-,44-,45-,46-,49-,50-,51-,52-/m0/s1. The Hall–Kier alpha value is -9.50. The summed E-state index contributed by atoms with van der Waals surface area (Å²) in [4.78, 5) is 197. The first-order chi connectivity index (χ1) is 45.7. The fourth-order valence-corrected chi connectivity index (χ4v) is 10.0. The van der Waals surface area contributed by atoms with Gasteiger partial charge in [-0.25, -0.2) is 9.78 Å². The van der Waals surface area contributed by atoms with Gasteiger partial charge in [0.25, 0.3) is 0 Å². The highest BCUT2D eigenvalue weighted by molar-refractivity contribution is 7.98. The summed E-state index contributed by atoms with van der Waals surface area (Å²) in [6.07, 6.45) is 1.37. The van der Waals surface area contributed by atoms with Crippen LogP contribution < -0.4 is 75.7 Å². The van der Waals surface area contributed by atoms with Gasteiger partial charge in [0.05, 0.1) is 18.9 Å². The van der Waals surface area contributed by atoms with Crippen LogP contribution in [0.4, 0.5) is 0 Å². The molecular formula is C64H96N16O16S. The highest BCUT2D eigenvalue weighted by Gasteiger charge is 2.38. The number of aromatic amines is 1. The van der Waals surface area contributed by atoms with E-state index in [0.29, 0.717) is 22.6 Å². The molecule has 20 N–H and O–H groups in total. The Balaban J connectivity index is 1.87. The third-order valence-corrected chi connectivity index (χ3v) is 16.3. The van der Waals surface area contributed by atoms with Crippen molar-refractivity contribution < 1.29 is 77.3 Å². The molecule has 0 saturated carbocycles. The number of aliphatic hydroxyl groups is 1. The lowest BCUT2D eigenvalue weighted by Crippen LogP contribution is -2.62. The Morgan fingerprint density at radius 2 is 0.887 bits per heavy atom. The number of thioether (sulfide) groups is 1. The van der Waals surface area contributed by atoms with Gasteiger partial charge in [-0.15, -0.1) is 0 Å². The molecule has 3 aromatic rings. The molecule has 0 aliphatic heterocycles. The number of carbonyl (C=O) groups excluding carboxylic acids is 13. The topological polar surface area (TPSA) is 519 Å². The van der Waals surface area contributed by atoms with Gasteiger partial charge in [-0.1, -0.05) is 109 Å². The van der Waals surface area contributed by atoms with E-state index in [0.717, 1.165) is 0 Å². The molecule has 0 aliphatic carbocycles. The number of aromatic nitrogens is 2. The van der Waals surface area contributed by atoms with Crippen LogP contribution in [-0.4, -0.2) is 194 Å². The van der Waals surface area contributed by atoms with E-state index in [2.05, 4.69) is 68.5 Å². The SMILES string of the molecule is CC[C@H](C)[C@H](NC(=O)[C@H](Cc1ccccc1)NC(=O)[C@@H](NC(=O)[C@H](C)NC(=O)[C@H](CCSC)NC(=O)[C@H](CCC(N)=O)NC(=O)[C@@H](NC(=O)[C@H](C)NC(=O)[C@@H](N)[C@@H](C)O)C(C)C)C(C)C)C(=O)N[C@@H](Cc1cnc[nH]1)C(=O)N[C@@H](CC(N)=O)C(=O)N[C@@H](Cc1ccccc1)C(=O)O. The number of nitrogens with two attached hydrogens (primary N) is 3. The van der Waals surface area contributed by atoms with Crippen LogP contribution in [-0.2, 0) is 86.4 Å². The van der Waals surface area contributed by atoms with Crippen molar-refractivity contribution in [2.75, 3.05) is 12.0 Å². The third-order valence-electron chi connectivity index (χ3n) is 15.6.